The lowest BCUT2D eigenvalue weighted by Gasteiger charge is -2.37. The molecule has 0 radical (unpaired) electrons. The lowest BCUT2D eigenvalue weighted by molar-refractivity contribution is 0.111. The van der Waals surface area contributed by atoms with Crippen molar-refractivity contribution in [2.24, 2.45) is 5.41 Å². The maximum atomic E-state index is 13.3. The minimum atomic E-state index is -0.619. The van der Waals surface area contributed by atoms with Crippen molar-refractivity contribution in [1.82, 2.24) is 4.90 Å². The summed E-state index contributed by atoms with van der Waals surface area (Å²) >= 11 is 0. The minimum absolute atomic E-state index is 0.200. The van der Waals surface area contributed by atoms with Gasteiger partial charge in [0.05, 0.1) is 0 Å². The van der Waals surface area contributed by atoms with Crippen molar-refractivity contribution in [3.8, 4) is 0 Å². The number of rotatable bonds is 1. The van der Waals surface area contributed by atoms with Crippen molar-refractivity contribution in [3.05, 3.63) is 0 Å². The van der Waals surface area contributed by atoms with Crippen LogP contribution in [0.1, 0.15) is 41.0 Å². The fourth-order valence-electron chi connectivity index (χ4n) is 2.23. The van der Waals surface area contributed by atoms with Crippen molar-refractivity contribution in [2.75, 3.05) is 6.54 Å². The molecule has 0 saturated carbocycles. The summed E-state index contributed by atoms with van der Waals surface area (Å²) in [6.07, 6.45) is 0.0911. The Bertz CT molecular complexity index is 171. The van der Waals surface area contributed by atoms with E-state index in [0.717, 1.165) is 0 Å². The second kappa shape index (κ2) is 3.56. The lowest BCUT2D eigenvalue weighted by atomic mass is 9.84. The normalized spacial score (nSPS) is 31.6. The third-order valence-corrected chi connectivity index (χ3v) is 2.95. The Balaban J connectivity index is 2.72. The van der Waals surface area contributed by atoms with E-state index in [1.54, 1.807) is 0 Å². The number of likely N-dealkylation sites (tertiary alicyclic amines) is 1. The summed E-state index contributed by atoms with van der Waals surface area (Å²) < 4.78 is 13.3. The fraction of sp³-hybridized carbons (Fsp3) is 1.00. The second-order valence-electron chi connectivity index (χ2n) is 5.51. The Morgan fingerprint density at radius 2 is 1.85 bits per heavy atom. The zero-order chi connectivity index (χ0) is 10.2. The smallest absolute Gasteiger partial charge is 0.114 e. The SMILES string of the molecule is CC(C)N1CC(F)CC1C(C)(C)C. The van der Waals surface area contributed by atoms with Gasteiger partial charge in [0.25, 0.3) is 0 Å². The van der Waals surface area contributed by atoms with Crippen LogP contribution in [-0.4, -0.2) is 29.7 Å². The van der Waals surface area contributed by atoms with E-state index < -0.39 is 6.17 Å². The van der Waals surface area contributed by atoms with Crippen LogP contribution in [0.2, 0.25) is 0 Å². The molecule has 13 heavy (non-hydrogen) atoms. The lowest BCUT2D eigenvalue weighted by Crippen LogP contribution is -2.43. The van der Waals surface area contributed by atoms with Gasteiger partial charge in [0, 0.05) is 18.6 Å². The van der Waals surface area contributed by atoms with Gasteiger partial charge in [-0.3, -0.25) is 4.90 Å². The Kier molecular flexibility index (Phi) is 3.01. The Labute approximate surface area is 81.3 Å². The molecule has 0 bridgehead atoms. The van der Waals surface area contributed by atoms with E-state index in [1.165, 1.54) is 0 Å². The molecule has 2 atom stereocenters. The van der Waals surface area contributed by atoms with E-state index in [1.807, 2.05) is 0 Å². The average molecular weight is 187 g/mol. The molecule has 1 heterocycles. The number of halogens is 1. The van der Waals surface area contributed by atoms with E-state index >= 15 is 0 Å². The van der Waals surface area contributed by atoms with Gasteiger partial charge in [0.1, 0.15) is 6.17 Å². The van der Waals surface area contributed by atoms with Crippen LogP contribution in [0.3, 0.4) is 0 Å². The van der Waals surface area contributed by atoms with Crippen molar-refractivity contribution in [3.63, 3.8) is 0 Å². The highest BCUT2D eigenvalue weighted by Gasteiger charge is 2.40. The molecule has 1 rings (SSSR count). The highest BCUT2D eigenvalue weighted by atomic mass is 19.1. The van der Waals surface area contributed by atoms with Crippen LogP contribution < -0.4 is 0 Å². The van der Waals surface area contributed by atoms with Gasteiger partial charge in [-0.25, -0.2) is 4.39 Å². The zero-order valence-corrected chi connectivity index (χ0v) is 9.47. The second-order valence-corrected chi connectivity index (χ2v) is 5.51. The molecule has 1 nitrogen and oxygen atoms in total. The van der Waals surface area contributed by atoms with Crippen molar-refractivity contribution in [2.45, 2.75) is 59.3 Å². The summed E-state index contributed by atoms with van der Waals surface area (Å²) in [4.78, 5) is 2.30. The molecule has 2 unspecified atom stereocenters. The first-order chi connectivity index (χ1) is 5.82. The summed E-state index contributed by atoms with van der Waals surface area (Å²) in [6, 6.07) is 0.868. The Morgan fingerprint density at radius 1 is 1.31 bits per heavy atom. The highest BCUT2D eigenvalue weighted by Crippen LogP contribution is 2.34. The maximum absolute atomic E-state index is 13.3. The zero-order valence-electron chi connectivity index (χ0n) is 9.47. The fourth-order valence-corrected chi connectivity index (χ4v) is 2.23. The Hall–Kier alpha value is -0.110. The molecular formula is C11H22FN. The van der Waals surface area contributed by atoms with Crippen LogP contribution in [0.5, 0.6) is 0 Å². The van der Waals surface area contributed by atoms with Gasteiger partial charge >= 0.3 is 0 Å². The van der Waals surface area contributed by atoms with Gasteiger partial charge < -0.3 is 0 Å². The highest BCUT2D eigenvalue weighted by molar-refractivity contribution is 4.93. The van der Waals surface area contributed by atoms with Gasteiger partial charge in [-0.2, -0.15) is 0 Å². The summed E-state index contributed by atoms with van der Waals surface area (Å²) in [5.41, 5.74) is 0.200. The third-order valence-electron chi connectivity index (χ3n) is 2.95. The topological polar surface area (TPSA) is 3.24 Å². The molecule has 0 aliphatic carbocycles. The number of nitrogens with zero attached hydrogens (tertiary/aromatic N) is 1. The molecule has 0 N–H and O–H groups in total. The maximum Gasteiger partial charge on any atom is 0.114 e. The van der Waals surface area contributed by atoms with Crippen molar-refractivity contribution < 1.29 is 4.39 Å². The van der Waals surface area contributed by atoms with E-state index in [9.17, 15) is 4.39 Å². The molecule has 0 aromatic heterocycles. The molecule has 78 valence electrons. The molecule has 0 amide bonds. The van der Waals surface area contributed by atoms with Gasteiger partial charge in [0.15, 0.2) is 0 Å². The van der Waals surface area contributed by atoms with Crippen LogP contribution in [0.15, 0.2) is 0 Å². The molecule has 1 aliphatic rings. The average Bonchev–Trinajstić information content (AvgIpc) is 2.29. The first kappa shape index (κ1) is 11.0. The largest absolute Gasteiger partial charge is 0.294 e. The van der Waals surface area contributed by atoms with E-state index in [4.69, 9.17) is 0 Å². The predicted octanol–water partition coefficient (Wildman–Crippen LogP) is 2.85. The molecular weight excluding hydrogens is 165 g/mol. The van der Waals surface area contributed by atoms with Gasteiger partial charge in [-0.15, -0.1) is 0 Å². The molecule has 0 spiro atoms. The van der Waals surface area contributed by atoms with Gasteiger partial charge in [-0.05, 0) is 25.7 Å². The minimum Gasteiger partial charge on any atom is -0.294 e. The first-order valence-corrected chi connectivity index (χ1v) is 5.22. The van der Waals surface area contributed by atoms with Crippen molar-refractivity contribution in [1.29, 1.82) is 0 Å². The van der Waals surface area contributed by atoms with Crippen LogP contribution in [0.4, 0.5) is 4.39 Å². The third kappa shape index (κ3) is 2.43. The summed E-state index contributed by atoms with van der Waals surface area (Å²) in [6.45, 7) is 11.5. The number of hydrogen-bond acceptors (Lipinski definition) is 1. The summed E-state index contributed by atoms with van der Waals surface area (Å²) in [5.74, 6) is 0. The van der Waals surface area contributed by atoms with Gasteiger partial charge in [-0.1, -0.05) is 20.8 Å². The number of alkyl halides is 1. The molecule has 1 aliphatic heterocycles. The standard InChI is InChI=1S/C11H22FN/c1-8(2)13-7-9(12)6-10(13)11(3,4)5/h8-10H,6-7H2,1-5H3. The quantitative estimate of drug-likeness (QED) is 0.610. The summed E-state index contributed by atoms with van der Waals surface area (Å²) in [7, 11) is 0. The first-order valence-electron chi connectivity index (χ1n) is 5.22. The van der Waals surface area contributed by atoms with E-state index in [2.05, 4.69) is 39.5 Å². The monoisotopic (exact) mass is 187 g/mol. The van der Waals surface area contributed by atoms with Gasteiger partial charge in [0.2, 0.25) is 0 Å². The van der Waals surface area contributed by atoms with Crippen LogP contribution >= 0.6 is 0 Å². The van der Waals surface area contributed by atoms with Crippen molar-refractivity contribution >= 4 is 0 Å². The molecule has 0 aromatic carbocycles. The molecule has 0 aromatic rings. The van der Waals surface area contributed by atoms with Crippen LogP contribution in [0, 0.1) is 5.41 Å². The van der Waals surface area contributed by atoms with E-state index in [0.29, 0.717) is 25.0 Å². The molecule has 2 heteroatoms. The van der Waals surface area contributed by atoms with E-state index in [-0.39, 0.29) is 5.41 Å². The van der Waals surface area contributed by atoms with Crippen LogP contribution in [0.25, 0.3) is 0 Å². The summed E-state index contributed by atoms with van der Waals surface area (Å²) in [5, 5.41) is 0. The molecule has 1 fully saturated rings. The van der Waals surface area contributed by atoms with Crippen LogP contribution in [-0.2, 0) is 0 Å². The predicted molar refractivity (Wildman–Crippen MR) is 54.6 cm³/mol. The Morgan fingerprint density at radius 3 is 2.15 bits per heavy atom. The molecule has 1 saturated heterocycles. The number of hydrogen-bond donors (Lipinski definition) is 0.